The van der Waals surface area contributed by atoms with Gasteiger partial charge in [0.1, 0.15) is 11.8 Å². The van der Waals surface area contributed by atoms with Crippen LogP contribution in [0.3, 0.4) is 0 Å². The first-order valence-electron chi connectivity index (χ1n) is 12.0. The lowest BCUT2D eigenvalue weighted by Crippen LogP contribution is -2.46. The van der Waals surface area contributed by atoms with Gasteiger partial charge in [-0.2, -0.15) is 0 Å². The molecule has 3 aromatic rings. The Kier molecular flexibility index (Phi) is 8.06. The van der Waals surface area contributed by atoms with Crippen LogP contribution in [0, 0.1) is 0 Å². The van der Waals surface area contributed by atoms with Gasteiger partial charge in [-0.3, -0.25) is 19.2 Å². The van der Waals surface area contributed by atoms with E-state index in [1.165, 1.54) is 50.3 Å². The highest BCUT2D eigenvalue weighted by Crippen LogP contribution is 2.31. The molecule has 0 aliphatic carbocycles. The second-order valence-corrected chi connectivity index (χ2v) is 8.68. The van der Waals surface area contributed by atoms with Crippen LogP contribution in [-0.2, 0) is 20.8 Å². The SMILES string of the molecule is COc1ccc(C(=O)N(CCc2ccccc2)C2CC(=O)N(c3ccc(OC(C)=O)cc3)C2=O)cc1OC. The summed E-state index contributed by atoms with van der Waals surface area (Å²) in [6, 6.07) is 19.5. The van der Waals surface area contributed by atoms with Gasteiger partial charge in [0.05, 0.1) is 26.3 Å². The summed E-state index contributed by atoms with van der Waals surface area (Å²) in [6.45, 7) is 1.51. The lowest BCUT2D eigenvalue weighted by molar-refractivity contribution is -0.132. The molecule has 0 radical (unpaired) electrons. The van der Waals surface area contributed by atoms with Crippen LogP contribution in [0.1, 0.15) is 29.3 Å². The van der Waals surface area contributed by atoms with E-state index in [4.69, 9.17) is 14.2 Å². The second-order valence-electron chi connectivity index (χ2n) is 8.68. The molecule has 3 aromatic carbocycles. The number of imide groups is 1. The van der Waals surface area contributed by atoms with Crippen molar-refractivity contribution in [1.82, 2.24) is 4.90 Å². The molecule has 196 valence electrons. The summed E-state index contributed by atoms with van der Waals surface area (Å²) in [5.41, 5.74) is 1.63. The van der Waals surface area contributed by atoms with Crippen molar-refractivity contribution in [2.45, 2.75) is 25.8 Å². The van der Waals surface area contributed by atoms with Crippen molar-refractivity contribution < 1.29 is 33.4 Å². The van der Waals surface area contributed by atoms with E-state index in [9.17, 15) is 19.2 Å². The molecule has 1 saturated heterocycles. The fraction of sp³-hybridized carbons (Fsp3) is 0.241. The molecule has 1 aliphatic heterocycles. The number of hydrogen-bond acceptors (Lipinski definition) is 7. The minimum atomic E-state index is -0.986. The Morgan fingerprint density at radius 1 is 0.921 bits per heavy atom. The van der Waals surface area contributed by atoms with Crippen LogP contribution in [0.15, 0.2) is 72.8 Å². The number of ether oxygens (including phenoxy) is 3. The maximum atomic E-state index is 13.8. The highest BCUT2D eigenvalue weighted by Gasteiger charge is 2.44. The van der Waals surface area contributed by atoms with Crippen LogP contribution in [-0.4, -0.2) is 55.4 Å². The second kappa shape index (κ2) is 11.6. The van der Waals surface area contributed by atoms with Crippen LogP contribution in [0.2, 0.25) is 0 Å². The van der Waals surface area contributed by atoms with Crippen molar-refractivity contribution >= 4 is 29.4 Å². The number of esters is 1. The fourth-order valence-electron chi connectivity index (χ4n) is 4.39. The van der Waals surface area contributed by atoms with Gasteiger partial charge in [0.15, 0.2) is 11.5 Å². The Morgan fingerprint density at radius 3 is 2.24 bits per heavy atom. The predicted molar refractivity (Wildman–Crippen MR) is 139 cm³/mol. The van der Waals surface area contributed by atoms with Gasteiger partial charge in [0, 0.05) is 19.0 Å². The third kappa shape index (κ3) is 5.67. The number of anilines is 1. The van der Waals surface area contributed by atoms with Gasteiger partial charge in [-0.25, -0.2) is 4.90 Å². The van der Waals surface area contributed by atoms with E-state index in [0.717, 1.165) is 10.5 Å². The van der Waals surface area contributed by atoms with E-state index >= 15 is 0 Å². The average molecular weight is 517 g/mol. The Morgan fingerprint density at radius 2 is 1.61 bits per heavy atom. The van der Waals surface area contributed by atoms with Gasteiger partial charge in [-0.05, 0) is 54.4 Å². The molecular formula is C29H28N2O7. The summed E-state index contributed by atoms with van der Waals surface area (Å²) in [5, 5.41) is 0. The zero-order valence-corrected chi connectivity index (χ0v) is 21.4. The Labute approximate surface area is 220 Å². The summed E-state index contributed by atoms with van der Waals surface area (Å²) in [6.07, 6.45) is 0.341. The van der Waals surface area contributed by atoms with Gasteiger partial charge < -0.3 is 19.1 Å². The molecule has 1 unspecified atom stereocenters. The highest BCUT2D eigenvalue weighted by molar-refractivity contribution is 6.23. The normalized spacial score (nSPS) is 14.8. The molecule has 0 saturated carbocycles. The van der Waals surface area contributed by atoms with Crippen LogP contribution >= 0.6 is 0 Å². The number of rotatable bonds is 9. The summed E-state index contributed by atoms with van der Waals surface area (Å²) < 4.78 is 15.7. The topological polar surface area (TPSA) is 102 Å². The first kappa shape index (κ1) is 26.4. The molecule has 1 heterocycles. The maximum absolute atomic E-state index is 13.8. The smallest absolute Gasteiger partial charge is 0.308 e. The minimum absolute atomic E-state index is 0.154. The lowest BCUT2D eigenvalue weighted by atomic mass is 10.1. The molecule has 0 bridgehead atoms. The van der Waals surface area contributed by atoms with Crippen LogP contribution in [0.5, 0.6) is 17.2 Å². The summed E-state index contributed by atoms with van der Waals surface area (Å²) in [4.78, 5) is 54.1. The Hall–Kier alpha value is -4.66. The van der Waals surface area contributed by atoms with Crippen LogP contribution in [0.4, 0.5) is 5.69 Å². The lowest BCUT2D eigenvalue weighted by Gasteiger charge is -2.28. The van der Waals surface area contributed by atoms with E-state index in [1.54, 1.807) is 18.2 Å². The van der Waals surface area contributed by atoms with Gasteiger partial charge in [-0.1, -0.05) is 30.3 Å². The zero-order valence-electron chi connectivity index (χ0n) is 21.4. The van der Waals surface area contributed by atoms with Gasteiger partial charge in [-0.15, -0.1) is 0 Å². The Bertz CT molecular complexity index is 1340. The van der Waals surface area contributed by atoms with E-state index in [1.807, 2.05) is 30.3 Å². The van der Waals surface area contributed by atoms with Gasteiger partial charge in [0.2, 0.25) is 5.91 Å². The fourth-order valence-corrected chi connectivity index (χ4v) is 4.39. The van der Waals surface area contributed by atoms with Crippen LogP contribution < -0.4 is 19.1 Å². The molecule has 0 aromatic heterocycles. The molecule has 3 amide bonds. The van der Waals surface area contributed by atoms with Crippen molar-refractivity contribution in [2.75, 3.05) is 25.7 Å². The molecule has 9 heteroatoms. The van der Waals surface area contributed by atoms with E-state index < -0.39 is 29.7 Å². The number of nitrogens with zero attached hydrogens (tertiary/aromatic N) is 2. The number of amides is 3. The number of benzene rings is 3. The summed E-state index contributed by atoms with van der Waals surface area (Å²) >= 11 is 0. The Balaban J connectivity index is 1.63. The number of carbonyl (C=O) groups is 4. The summed E-state index contributed by atoms with van der Waals surface area (Å²) in [7, 11) is 2.98. The number of methoxy groups -OCH3 is 2. The molecule has 38 heavy (non-hydrogen) atoms. The highest BCUT2D eigenvalue weighted by atomic mass is 16.5. The van der Waals surface area contributed by atoms with E-state index in [-0.39, 0.29) is 13.0 Å². The van der Waals surface area contributed by atoms with Crippen molar-refractivity contribution in [2.24, 2.45) is 0 Å². The van der Waals surface area contributed by atoms with E-state index in [2.05, 4.69) is 0 Å². The third-order valence-electron chi connectivity index (χ3n) is 6.23. The largest absolute Gasteiger partial charge is 0.493 e. The minimum Gasteiger partial charge on any atom is -0.493 e. The first-order chi connectivity index (χ1) is 18.3. The van der Waals surface area contributed by atoms with Crippen molar-refractivity contribution in [3.05, 3.63) is 83.9 Å². The molecule has 9 nitrogen and oxygen atoms in total. The van der Waals surface area contributed by atoms with Crippen molar-refractivity contribution in [1.29, 1.82) is 0 Å². The van der Waals surface area contributed by atoms with Crippen molar-refractivity contribution in [3.8, 4) is 17.2 Å². The first-order valence-corrected chi connectivity index (χ1v) is 12.0. The molecule has 1 fully saturated rings. The molecule has 4 rings (SSSR count). The van der Waals surface area contributed by atoms with E-state index in [0.29, 0.717) is 34.9 Å². The predicted octanol–water partition coefficient (Wildman–Crippen LogP) is 3.65. The zero-order chi connectivity index (χ0) is 27.2. The quantitative estimate of drug-likeness (QED) is 0.243. The number of hydrogen-bond donors (Lipinski definition) is 0. The molecular weight excluding hydrogens is 488 g/mol. The molecule has 0 spiro atoms. The molecule has 1 aliphatic rings. The standard InChI is InChI=1S/C29H28N2O7/c1-19(32)38-23-12-10-22(11-13-23)31-27(33)18-24(29(31)35)30(16-15-20-7-5-4-6-8-20)28(34)21-9-14-25(36-2)26(17-21)37-3/h4-14,17,24H,15-16,18H2,1-3H3. The number of carbonyl (C=O) groups excluding carboxylic acids is 4. The third-order valence-corrected chi connectivity index (χ3v) is 6.23. The van der Waals surface area contributed by atoms with Crippen LogP contribution in [0.25, 0.3) is 0 Å². The maximum Gasteiger partial charge on any atom is 0.308 e. The van der Waals surface area contributed by atoms with Gasteiger partial charge in [0.25, 0.3) is 11.8 Å². The monoisotopic (exact) mass is 516 g/mol. The molecule has 0 N–H and O–H groups in total. The average Bonchev–Trinajstić information content (AvgIpc) is 3.22. The van der Waals surface area contributed by atoms with Crippen molar-refractivity contribution in [3.63, 3.8) is 0 Å². The van der Waals surface area contributed by atoms with Gasteiger partial charge >= 0.3 is 5.97 Å². The molecule has 1 atom stereocenters. The summed E-state index contributed by atoms with van der Waals surface area (Å²) in [5.74, 6) is -0.666.